The van der Waals surface area contributed by atoms with E-state index in [1.807, 2.05) is 0 Å². The van der Waals surface area contributed by atoms with Crippen molar-refractivity contribution in [2.24, 2.45) is 5.41 Å². The number of amides is 7. The number of benzene rings is 1. The minimum Gasteiger partial charge on any atom is -0.480 e. The van der Waals surface area contributed by atoms with Crippen molar-refractivity contribution in [2.75, 3.05) is 19.6 Å². The number of nitrogens with zero attached hydrogens (tertiary/aromatic N) is 4. The number of carbonyl (C=O) groups is 8. The summed E-state index contributed by atoms with van der Waals surface area (Å²) in [5.41, 5.74) is -0.627. The van der Waals surface area contributed by atoms with Crippen LogP contribution in [-0.2, 0) is 48.1 Å². The third kappa shape index (κ3) is 6.70. The maximum absolute atomic E-state index is 13.3. The van der Waals surface area contributed by atoms with Gasteiger partial charge in [-0.05, 0) is 59.4 Å². The number of carbonyl (C=O) groups excluding carboxylic acids is 6. The SMILES string of the molecule is CC1(C)[C@H](C(=O)O)N2C(=O)[C@]3(C[C@@H]3OC3CCCCC3)[C@H]2S1(=O)=O.CCN1CCN(C(=O)N[C@@H](C(=O)N[C@@H]2C(=O)N3[C@@H]2SC(C)(C)[C@@H]3C(=O)O)c2ccccc2)C(=O)C1=O. The summed E-state index contributed by atoms with van der Waals surface area (Å²) in [4.78, 5) is 104. The number of urea groups is 1. The number of piperazine rings is 1. The van der Waals surface area contributed by atoms with Crippen LogP contribution in [0.5, 0.6) is 0 Å². The zero-order valence-electron chi connectivity index (χ0n) is 33.9. The smallest absolute Gasteiger partial charge is 0.328 e. The van der Waals surface area contributed by atoms with E-state index in [9.17, 15) is 57.0 Å². The van der Waals surface area contributed by atoms with Gasteiger partial charge in [-0.2, -0.15) is 0 Å². The molecule has 8 rings (SSSR count). The molecular weight excluding hydrogens is 825 g/mol. The molecule has 21 heteroatoms. The van der Waals surface area contributed by atoms with Crippen LogP contribution in [0.3, 0.4) is 0 Å². The van der Waals surface area contributed by atoms with E-state index in [-0.39, 0.29) is 31.2 Å². The van der Waals surface area contributed by atoms with Crippen molar-refractivity contribution in [3.05, 3.63) is 35.9 Å². The number of likely N-dealkylation sites (N-methyl/N-ethyl adjacent to an activating group) is 1. The number of fused-ring (bicyclic) bond motifs is 3. The van der Waals surface area contributed by atoms with E-state index in [1.165, 1.54) is 41.8 Å². The Kier molecular flexibility index (Phi) is 11.1. The van der Waals surface area contributed by atoms with Gasteiger partial charge in [0.2, 0.25) is 17.7 Å². The number of β-lactam (4-membered cyclic amide) rings is 2. The van der Waals surface area contributed by atoms with Gasteiger partial charge in [0.1, 0.15) is 35.0 Å². The number of hydrogen-bond acceptors (Lipinski definition) is 12. The van der Waals surface area contributed by atoms with Crippen LogP contribution < -0.4 is 10.6 Å². The quantitative estimate of drug-likeness (QED) is 0.197. The number of hydrogen-bond donors (Lipinski definition) is 4. The molecule has 1 aromatic rings. The number of rotatable bonds is 9. The Morgan fingerprint density at radius 2 is 1.53 bits per heavy atom. The molecule has 0 unspecified atom stereocenters. The minimum atomic E-state index is -3.77. The van der Waals surface area contributed by atoms with Gasteiger partial charge >= 0.3 is 29.8 Å². The monoisotopic (exact) mass is 874 g/mol. The highest BCUT2D eigenvalue weighted by molar-refractivity contribution is 8.01. The van der Waals surface area contributed by atoms with Crippen molar-refractivity contribution in [3.63, 3.8) is 0 Å². The lowest BCUT2D eigenvalue weighted by atomic mass is 9.89. The topological polar surface area (TPSA) is 257 Å². The maximum atomic E-state index is 13.3. The lowest BCUT2D eigenvalue weighted by Gasteiger charge is -2.44. The summed E-state index contributed by atoms with van der Waals surface area (Å²) in [6.45, 7) is 8.48. The Balaban J connectivity index is 0.000000196. The molecule has 7 aliphatic rings. The summed E-state index contributed by atoms with van der Waals surface area (Å²) < 4.78 is 29.6. The normalized spacial score (nSPS) is 32.5. The Morgan fingerprint density at radius 3 is 2.13 bits per heavy atom. The molecule has 1 spiro atoms. The van der Waals surface area contributed by atoms with E-state index in [2.05, 4.69) is 10.6 Å². The average Bonchev–Trinajstić information content (AvgIpc) is 3.83. The lowest BCUT2D eigenvalue weighted by Crippen LogP contribution is -2.71. The number of thioether (sulfide) groups is 1. The number of ether oxygens (including phenoxy) is 1. The fourth-order valence-corrected chi connectivity index (χ4v) is 13.7. The largest absolute Gasteiger partial charge is 0.480 e. The predicted octanol–water partition coefficient (Wildman–Crippen LogP) is 0.683. The third-order valence-corrected chi connectivity index (χ3v) is 17.4. The number of sulfone groups is 1. The van der Waals surface area contributed by atoms with Crippen LogP contribution in [0.4, 0.5) is 4.79 Å². The van der Waals surface area contributed by atoms with Gasteiger partial charge in [0.05, 0.1) is 17.0 Å². The Hall–Kier alpha value is -4.76. The van der Waals surface area contributed by atoms with Crippen LogP contribution in [0.2, 0.25) is 0 Å². The highest BCUT2D eigenvalue weighted by Gasteiger charge is 2.86. The Morgan fingerprint density at radius 1 is 0.900 bits per heavy atom. The van der Waals surface area contributed by atoms with E-state index in [0.29, 0.717) is 18.5 Å². The molecule has 0 radical (unpaired) electrons. The van der Waals surface area contributed by atoms with Crippen molar-refractivity contribution >= 4 is 69.1 Å². The molecule has 7 amide bonds. The van der Waals surface area contributed by atoms with Crippen LogP contribution in [0.1, 0.15) is 84.7 Å². The Bertz CT molecular complexity index is 2130. The number of carboxylic acid groups (broad SMARTS) is 2. The molecule has 2 aliphatic carbocycles. The molecule has 0 bridgehead atoms. The molecule has 1 aromatic carbocycles. The highest BCUT2D eigenvalue weighted by atomic mass is 32.2. The fraction of sp³-hybridized carbons (Fsp3) is 0.641. The van der Waals surface area contributed by atoms with Crippen LogP contribution >= 0.6 is 11.8 Å². The van der Waals surface area contributed by atoms with Gasteiger partial charge in [-0.1, -0.05) is 49.6 Å². The van der Waals surface area contributed by atoms with Crippen LogP contribution in [0, 0.1) is 5.41 Å². The third-order valence-electron chi connectivity index (χ3n) is 12.9. The summed E-state index contributed by atoms with van der Waals surface area (Å²) >= 11 is 1.28. The Labute approximate surface area is 350 Å². The first kappa shape index (κ1) is 43.3. The van der Waals surface area contributed by atoms with E-state index < -0.39 is 101 Å². The van der Waals surface area contributed by atoms with Gasteiger partial charge in [-0.15, -0.1) is 11.8 Å². The zero-order valence-corrected chi connectivity index (χ0v) is 35.5. The number of imide groups is 1. The molecule has 2 saturated carbocycles. The van der Waals surface area contributed by atoms with Crippen LogP contribution in [-0.4, -0.2) is 156 Å². The molecule has 5 saturated heterocycles. The number of aliphatic carboxylic acids is 2. The second kappa shape index (κ2) is 15.3. The van der Waals surface area contributed by atoms with Gasteiger partial charge < -0.3 is 40.3 Å². The van der Waals surface area contributed by atoms with Crippen LogP contribution in [0.15, 0.2) is 30.3 Å². The average molecular weight is 875 g/mol. The molecule has 4 N–H and O–H groups in total. The molecule has 8 atom stereocenters. The lowest BCUT2D eigenvalue weighted by molar-refractivity contribution is -0.169. The summed E-state index contributed by atoms with van der Waals surface area (Å²) in [5.74, 6) is -5.75. The first-order valence-corrected chi connectivity index (χ1v) is 22.5. The standard InChI is InChI=1S/C23H27N5O7S.C16H23NO6S/c1-4-26-10-11-27(19(32)18(26)31)22(35)25-13(12-8-6-5-7-9-12)16(29)24-14-17(30)28-15(21(33)34)23(2,3)36-20(14)28;1-15(2)11(12(18)19)17-13(20)16(14(17)24(15,21)22)8-10(16)23-9-6-4-3-5-7-9/h5-9,13-15,20H,4,10-11H2,1-3H3,(H,24,29)(H,25,35)(H,33,34);9-11,14H,3-8H2,1-2H3,(H,18,19)/t13-,14-,15+,20-;10-,11-,14+,16+/m10/s1. The summed E-state index contributed by atoms with van der Waals surface area (Å²) in [6.07, 6.45) is 5.39. The molecular formula is C39H50N6O13S2. The predicted molar refractivity (Wildman–Crippen MR) is 211 cm³/mol. The van der Waals surface area contributed by atoms with Gasteiger partial charge in [0.15, 0.2) is 15.2 Å². The number of nitrogens with one attached hydrogen (secondary N) is 2. The molecule has 5 heterocycles. The summed E-state index contributed by atoms with van der Waals surface area (Å²) in [7, 11) is -3.77. The van der Waals surface area contributed by atoms with Crippen LogP contribution in [0.25, 0.3) is 0 Å². The van der Waals surface area contributed by atoms with E-state index in [1.54, 1.807) is 51.1 Å². The first-order chi connectivity index (χ1) is 28.1. The van der Waals surface area contributed by atoms with E-state index in [4.69, 9.17) is 4.74 Å². The summed E-state index contributed by atoms with van der Waals surface area (Å²) in [5, 5.41) is 22.6. The van der Waals surface area contributed by atoms with Crippen molar-refractivity contribution < 1.29 is 61.7 Å². The molecule has 7 fully saturated rings. The van der Waals surface area contributed by atoms with Crippen molar-refractivity contribution in [1.29, 1.82) is 0 Å². The summed E-state index contributed by atoms with van der Waals surface area (Å²) in [6, 6.07) is 2.79. The second-order valence-corrected chi connectivity index (χ2v) is 21.7. The first-order valence-electron chi connectivity index (χ1n) is 20.1. The van der Waals surface area contributed by atoms with E-state index >= 15 is 0 Å². The van der Waals surface area contributed by atoms with Gasteiger partial charge in [-0.25, -0.2) is 22.8 Å². The van der Waals surface area contributed by atoms with E-state index in [0.717, 1.165) is 35.5 Å². The van der Waals surface area contributed by atoms with Crippen molar-refractivity contribution in [1.82, 2.24) is 30.2 Å². The number of carboxylic acids is 2. The minimum absolute atomic E-state index is 0.0200. The molecule has 326 valence electrons. The molecule has 19 nitrogen and oxygen atoms in total. The molecule has 0 aromatic heterocycles. The fourth-order valence-electron chi connectivity index (χ4n) is 9.54. The van der Waals surface area contributed by atoms with Gasteiger partial charge in [-0.3, -0.25) is 28.9 Å². The van der Waals surface area contributed by atoms with Crippen molar-refractivity contribution in [2.45, 2.75) is 130 Å². The van der Waals surface area contributed by atoms with Gasteiger partial charge in [0, 0.05) is 24.4 Å². The second-order valence-electron chi connectivity index (χ2n) is 17.3. The maximum Gasteiger partial charge on any atom is 0.328 e. The molecule has 60 heavy (non-hydrogen) atoms. The zero-order chi connectivity index (χ0) is 43.9. The highest BCUT2D eigenvalue weighted by Crippen LogP contribution is 2.67. The van der Waals surface area contributed by atoms with Gasteiger partial charge in [0.25, 0.3) is 0 Å². The van der Waals surface area contributed by atoms with Crippen molar-refractivity contribution in [3.8, 4) is 0 Å². The molecule has 5 aliphatic heterocycles.